The molecule has 0 aliphatic heterocycles. The van der Waals surface area contributed by atoms with Crippen molar-refractivity contribution in [3.05, 3.63) is 15.6 Å². The summed E-state index contributed by atoms with van der Waals surface area (Å²) in [5, 5.41) is 8.88. The van der Waals surface area contributed by atoms with Gasteiger partial charge in [-0.2, -0.15) is 13.2 Å². The largest absolute Gasteiger partial charge is 0.477 e. The quantitative estimate of drug-likeness (QED) is 0.869. The number of rotatable bonds is 6. The molecule has 1 aromatic heterocycles. The first kappa shape index (κ1) is 15.9. The number of nitrogens with zero attached hydrogens (tertiary/aromatic N) is 1. The van der Waals surface area contributed by atoms with Gasteiger partial charge in [0.1, 0.15) is 16.0 Å². The highest BCUT2D eigenvalue weighted by molar-refractivity contribution is 7.13. The van der Waals surface area contributed by atoms with Gasteiger partial charge < -0.3 is 9.84 Å². The molecule has 4 nitrogen and oxygen atoms in total. The summed E-state index contributed by atoms with van der Waals surface area (Å²) in [6.07, 6.45) is -4.16. The number of carboxylic acids is 1. The van der Waals surface area contributed by atoms with Crippen molar-refractivity contribution in [3.8, 4) is 0 Å². The van der Waals surface area contributed by atoms with Crippen LogP contribution in [0, 0.1) is 0 Å². The van der Waals surface area contributed by atoms with Gasteiger partial charge in [-0.15, -0.1) is 11.3 Å². The third-order valence-electron chi connectivity index (χ3n) is 2.30. The summed E-state index contributed by atoms with van der Waals surface area (Å²) >= 11 is 0.527. The van der Waals surface area contributed by atoms with Crippen molar-refractivity contribution >= 4 is 17.3 Å². The third-order valence-corrected chi connectivity index (χ3v) is 3.44. The fourth-order valence-corrected chi connectivity index (χ4v) is 2.56. The standard InChI is InChI=1S/C11H14F3NO3S/c1-3-5-6(18-4-2)9-15-8(11(12,13)14)7(19-9)10(16)17/h6H,3-5H2,1-2H3,(H,16,17). The molecule has 1 unspecified atom stereocenters. The second-order valence-corrected chi connectivity index (χ2v) is 4.80. The Kier molecular flexibility index (Phi) is 5.30. The lowest BCUT2D eigenvalue weighted by atomic mass is 10.2. The Hall–Kier alpha value is -1.15. The number of hydrogen-bond donors (Lipinski definition) is 1. The van der Waals surface area contributed by atoms with Crippen LogP contribution in [0.15, 0.2) is 0 Å². The smallest absolute Gasteiger partial charge is 0.435 e. The van der Waals surface area contributed by atoms with Crippen LogP contribution in [0.25, 0.3) is 0 Å². The van der Waals surface area contributed by atoms with E-state index in [0.717, 1.165) is 0 Å². The SMILES string of the molecule is CCCC(OCC)c1nc(C(F)(F)F)c(C(=O)O)s1. The van der Waals surface area contributed by atoms with Crippen LogP contribution in [0.3, 0.4) is 0 Å². The lowest BCUT2D eigenvalue weighted by Crippen LogP contribution is -2.12. The van der Waals surface area contributed by atoms with E-state index in [0.29, 0.717) is 30.8 Å². The van der Waals surface area contributed by atoms with Crippen LogP contribution in [-0.4, -0.2) is 22.7 Å². The number of alkyl halides is 3. The molecule has 0 aliphatic rings. The lowest BCUT2D eigenvalue weighted by Gasteiger charge is -2.12. The van der Waals surface area contributed by atoms with Crippen LogP contribution >= 0.6 is 11.3 Å². The maximum atomic E-state index is 12.7. The van der Waals surface area contributed by atoms with Crippen LogP contribution in [0.5, 0.6) is 0 Å². The monoisotopic (exact) mass is 297 g/mol. The van der Waals surface area contributed by atoms with Gasteiger partial charge in [0.25, 0.3) is 0 Å². The van der Waals surface area contributed by atoms with Crippen molar-refractivity contribution in [1.82, 2.24) is 4.98 Å². The van der Waals surface area contributed by atoms with E-state index in [1.165, 1.54) is 0 Å². The molecule has 1 N–H and O–H groups in total. The summed E-state index contributed by atoms with van der Waals surface area (Å²) < 4.78 is 43.4. The number of ether oxygens (including phenoxy) is 1. The first-order valence-corrected chi connectivity index (χ1v) is 6.55. The number of aromatic nitrogens is 1. The zero-order valence-corrected chi connectivity index (χ0v) is 11.3. The molecule has 19 heavy (non-hydrogen) atoms. The van der Waals surface area contributed by atoms with Gasteiger partial charge in [-0.25, -0.2) is 9.78 Å². The molecule has 1 aromatic rings. The normalized spacial score (nSPS) is 13.5. The van der Waals surface area contributed by atoms with E-state index in [-0.39, 0.29) is 5.01 Å². The molecule has 1 rings (SSSR count). The summed E-state index contributed by atoms with van der Waals surface area (Å²) in [6.45, 7) is 3.91. The summed E-state index contributed by atoms with van der Waals surface area (Å²) in [5.41, 5.74) is -1.35. The minimum Gasteiger partial charge on any atom is -0.477 e. The molecule has 0 aromatic carbocycles. The van der Waals surface area contributed by atoms with E-state index in [1.807, 2.05) is 6.92 Å². The molecule has 108 valence electrons. The Morgan fingerprint density at radius 3 is 2.47 bits per heavy atom. The van der Waals surface area contributed by atoms with Gasteiger partial charge in [0.2, 0.25) is 0 Å². The van der Waals surface area contributed by atoms with E-state index in [2.05, 4.69) is 4.98 Å². The molecule has 0 saturated carbocycles. The Morgan fingerprint density at radius 1 is 1.47 bits per heavy atom. The first-order chi connectivity index (χ1) is 8.81. The highest BCUT2D eigenvalue weighted by Crippen LogP contribution is 2.37. The van der Waals surface area contributed by atoms with Gasteiger partial charge >= 0.3 is 12.1 Å². The summed E-state index contributed by atoms with van der Waals surface area (Å²) in [5.74, 6) is -1.62. The number of halogens is 3. The average Bonchev–Trinajstić information content (AvgIpc) is 2.73. The lowest BCUT2D eigenvalue weighted by molar-refractivity contribution is -0.141. The van der Waals surface area contributed by atoms with Crippen molar-refractivity contribution in [2.24, 2.45) is 0 Å². The third kappa shape index (κ3) is 3.90. The number of hydrogen-bond acceptors (Lipinski definition) is 4. The van der Waals surface area contributed by atoms with Crippen molar-refractivity contribution in [2.75, 3.05) is 6.61 Å². The Morgan fingerprint density at radius 2 is 2.11 bits per heavy atom. The van der Waals surface area contributed by atoms with E-state index < -0.39 is 28.8 Å². The van der Waals surface area contributed by atoms with E-state index in [1.54, 1.807) is 6.92 Å². The Bertz CT molecular complexity index is 439. The zero-order valence-electron chi connectivity index (χ0n) is 10.5. The van der Waals surface area contributed by atoms with Crippen molar-refractivity contribution < 1.29 is 27.8 Å². The Balaban J connectivity index is 3.19. The molecule has 0 amide bonds. The van der Waals surface area contributed by atoms with Crippen LogP contribution in [0.4, 0.5) is 13.2 Å². The van der Waals surface area contributed by atoms with Gasteiger partial charge in [-0.1, -0.05) is 13.3 Å². The number of carbonyl (C=O) groups is 1. The molecule has 0 spiro atoms. The van der Waals surface area contributed by atoms with E-state index >= 15 is 0 Å². The van der Waals surface area contributed by atoms with Gasteiger partial charge in [-0.05, 0) is 13.3 Å². The van der Waals surface area contributed by atoms with Gasteiger partial charge in [0.15, 0.2) is 5.69 Å². The van der Waals surface area contributed by atoms with Crippen LogP contribution in [-0.2, 0) is 10.9 Å². The fraction of sp³-hybridized carbons (Fsp3) is 0.636. The molecule has 0 saturated heterocycles. The van der Waals surface area contributed by atoms with E-state index in [4.69, 9.17) is 9.84 Å². The number of aromatic carboxylic acids is 1. The van der Waals surface area contributed by atoms with Crippen molar-refractivity contribution in [1.29, 1.82) is 0 Å². The predicted molar refractivity (Wildman–Crippen MR) is 63.4 cm³/mol. The van der Waals surface area contributed by atoms with Crippen molar-refractivity contribution in [2.45, 2.75) is 39.0 Å². The molecular formula is C11H14F3NO3S. The molecule has 1 atom stereocenters. The van der Waals surface area contributed by atoms with Crippen LogP contribution < -0.4 is 0 Å². The predicted octanol–water partition coefficient (Wildman–Crippen LogP) is 3.74. The topological polar surface area (TPSA) is 59.4 Å². The fourth-order valence-electron chi connectivity index (χ4n) is 1.55. The second kappa shape index (κ2) is 6.33. The first-order valence-electron chi connectivity index (χ1n) is 5.74. The van der Waals surface area contributed by atoms with Crippen LogP contribution in [0.2, 0.25) is 0 Å². The molecule has 0 radical (unpaired) electrons. The summed E-state index contributed by atoms with van der Waals surface area (Å²) in [4.78, 5) is 13.5. The molecule has 0 fully saturated rings. The maximum Gasteiger partial charge on any atom is 0.435 e. The molecule has 0 aliphatic carbocycles. The molecule has 8 heteroatoms. The maximum absolute atomic E-state index is 12.7. The van der Waals surface area contributed by atoms with Gasteiger partial charge in [0.05, 0.1) is 0 Å². The number of thiazole rings is 1. The molecule has 0 bridgehead atoms. The minimum absolute atomic E-state index is 0.0634. The van der Waals surface area contributed by atoms with Gasteiger partial charge in [0, 0.05) is 6.61 Å². The van der Waals surface area contributed by atoms with Gasteiger partial charge in [-0.3, -0.25) is 0 Å². The number of carboxylic acid groups (broad SMARTS) is 1. The zero-order chi connectivity index (χ0) is 14.6. The summed E-state index contributed by atoms with van der Waals surface area (Å²) in [6, 6.07) is 0. The van der Waals surface area contributed by atoms with E-state index in [9.17, 15) is 18.0 Å². The highest BCUT2D eigenvalue weighted by Gasteiger charge is 2.40. The van der Waals surface area contributed by atoms with Crippen molar-refractivity contribution in [3.63, 3.8) is 0 Å². The molecule has 1 heterocycles. The molecular weight excluding hydrogens is 283 g/mol. The Labute approximate surface area is 112 Å². The highest BCUT2D eigenvalue weighted by atomic mass is 32.1. The second-order valence-electron chi connectivity index (χ2n) is 3.77. The minimum atomic E-state index is -4.77. The van der Waals surface area contributed by atoms with Crippen LogP contribution in [0.1, 0.15) is 53.2 Å². The summed E-state index contributed by atoms with van der Waals surface area (Å²) in [7, 11) is 0. The average molecular weight is 297 g/mol.